The van der Waals surface area contributed by atoms with Crippen LogP contribution < -0.4 is 11.1 Å². The number of hydrogen-bond acceptors (Lipinski definition) is 5. The van der Waals surface area contributed by atoms with Crippen LogP contribution in [0.4, 0.5) is 11.6 Å². The van der Waals surface area contributed by atoms with Crippen molar-refractivity contribution < 1.29 is 0 Å². The number of benzene rings is 2. The molecule has 0 fully saturated rings. The van der Waals surface area contributed by atoms with Crippen molar-refractivity contribution in [3.63, 3.8) is 0 Å². The Balaban J connectivity index is 1.73. The van der Waals surface area contributed by atoms with Crippen LogP contribution in [-0.2, 0) is 0 Å². The Morgan fingerprint density at radius 3 is 2.63 bits per heavy atom. The molecule has 3 N–H and O–H groups in total. The molecule has 2 aromatic carbocycles. The fourth-order valence-corrected chi connectivity index (χ4v) is 3.23. The lowest BCUT2D eigenvalue weighted by Gasteiger charge is -2.19. The van der Waals surface area contributed by atoms with Gasteiger partial charge in [0.25, 0.3) is 0 Å². The van der Waals surface area contributed by atoms with Crippen LogP contribution >= 0.6 is 0 Å². The Hall–Kier alpha value is -3.47. The van der Waals surface area contributed by atoms with Crippen LogP contribution in [0.25, 0.3) is 22.2 Å². The lowest BCUT2D eigenvalue weighted by atomic mass is 10.0. The zero-order chi connectivity index (χ0) is 18.6. The average Bonchev–Trinajstić information content (AvgIpc) is 2.73. The number of nitrogens with two attached hydrogens (primary N) is 1. The fourth-order valence-electron chi connectivity index (χ4n) is 3.23. The van der Waals surface area contributed by atoms with E-state index >= 15 is 0 Å². The van der Waals surface area contributed by atoms with Crippen LogP contribution in [0, 0.1) is 0 Å². The van der Waals surface area contributed by atoms with E-state index in [4.69, 9.17) is 10.7 Å². The van der Waals surface area contributed by atoms with Crippen molar-refractivity contribution in [3.8, 4) is 11.3 Å². The Morgan fingerprint density at radius 1 is 0.963 bits per heavy atom. The predicted molar refractivity (Wildman–Crippen MR) is 110 cm³/mol. The van der Waals surface area contributed by atoms with E-state index in [1.54, 1.807) is 12.4 Å². The van der Waals surface area contributed by atoms with Gasteiger partial charge in [-0.3, -0.25) is 4.98 Å². The molecular formula is C22H21N5. The second-order valence-corrected chi connectivity index (χ2v) is 6.38. The largest absolute Gasteiger partial charge is 0.381 e. The molecule has 4 rings (SSSR count). The minimum absolute atomic E-state index is 0.118. The van der Waals surface area contributed by atoms with E-state index in [-0.39, 0.29) is 6.04 Å². The molecule has 0 aliphatic rings. The second kappa shape index (κ2) is 7.41. The lowest BCUT2D eigenvalue weighted by molar-refractivity contribution is 0.744. The standard InChI is InChI=1S/C22H21N5/c1-2-18(15-8-4-3-5-9-15)26-22-21(23)25-14-20(27-22)17-10-6-12-19-16(17)11-7-13-24-19/h3-14,18H,2H2,1H3,(H2,23,25)(H,26,27). The first kappa shape index (κ1) is 17.0. The third kappa shape index (κ3) is 3.44. The molecule has 0 bridgehead atoms. The van der Waals surface area contributed by atoms with E-state index in [0.717, 1.165) is 28.6 Å². The first-order chi connectivity index (χ1) is 13.3. The van der Waals surface area contributed by atoms with Crippen LogP contribution in [0.1, 0.15) is 24.9 Å². The smallest absolute Gasteiger partial charge is 0.170 e. The molecular weight excluding hydrogens is 334 g/mol. The quantitative estimate of drug-likeness (QED) is 0.536. The highest BCUT2D eigenvalue weighted by Gasteiger charge is 2.14. The van der Waals surface area contributed by atoms with Crippen molar-refractivity contribution in [1.29, 1.82) is 0 Å². The molecule has 0 saturated heterocycles. The van der Waals surface area contributed by atoms with Gasteiger partial charge in [-0.25, -0.2) is 9.97 Å². The van der Waals surface area contributed by atoms with Crippen LogP contribution in [0.2, 0.25) is 0 Å². The summed E-state index contributed by atoms with van der Waals surface area (Å²) in [6, 6.07) is 20.4. The SMILES string of the molecule is CCC(Nc1nc(-c2cccc3ncccc23)cnc1N)c1ccccc1. The minimum Gasteiger partial charge on any atom is -0.381 e. The Bertz CT molecular complexity index is 1060. The average molecular weight is 355 g/mol. The molecule has 0 radical (unpaired) electrons. The Kier molecular flexibility index (Phi) is 4.66. The van der Waals surface area contributed by atoms with E-state index in [1.807, 2.05) is 48.5 Å². The summed E-state index contributed by atoms with van der Waals surface area (Å²) in [6.45, 7) is 2.13. The summed E-state index contributed by atoms with van der Waals surface area (Å²) in [5.74, 6) is 0.996. The number of pyridine rings is 1. The van der Waals surface area contributed by atoms with Crippen molar-refractivity contribution in [2.75, 3.05) is 11.1 Å². The van der Waals surface area contributed by atoms with Gasteiger partial charge in [-0.15, -0.1) is 0 Å². The van der Waals surface area contributed by atoms with Gasteiger partial charge in [0.1, 0.15) is 0 Å². The molecule has 2 aromatic heterocycles. The normalized spacial score (nSPS) is 12.0. The van der Waals surface area contributed by atoms with Crippen molar-refractivity contribution in [1.82, 2.24) is 15.0 Å². The molecule has 2 heterocycles. The summed E-state index contributed by atoms with van der Waals surface area (Å²) < 4.78 is 0. The van der Waals surface area contributed by atoms with E-state index in [0.29, 0.717) is 11.6 Å². The van der Waals surface area contributed by atoms with Crippen LogP contribution in [0.5, 0.6) is 0 Å². The predicted octanol–water partition coefficient (Wildman–Crippen LogP) is 4.84. The van der Waals surface area contributed by atoms with E-state index in [2.05, 4.69) is 34.3 Å². The number of hydrogen-bond donors (Lipinski definition) is 2. The van der Waals surface area contributed by atoms with Crippen molar-refractivity contribution in [2.45, 2.75) is 19.4 Å². The van der Waals surface area contributed by atoms with Gasteiger partial charge in [0, 0.05) is 17.1 Å². The van der Waals surface area contributed by atoms with E-state index < -0.39 is 0 Å². The molecule has 1 unspecified atom stereocenters. The highest BCUT2D eigenvalue weighted by Crippen LogP contribution is 2.29. The molecule has 1 atom stereocenters. The molecule has 5 heteroatoms. The van der Waals surface area contributed by atoms with Crippen molar-refractivity contribution in [2.24, 2.45) is 0 Å². The Morgan fingerprint density at radius 2 is 1.81 bits per heavy atom. The van der Waals surface area contributed by atoms with Crippen molar-refractivity contribution in [3.05, 3.63) is 78.6 Å². The van der Waals surface area contributed by atoms with Gasteiger partial charge in [-0.2, -0.15) is 0 Å². The zero-order valence-corrected chi connectivity index (χ0v) is 15.1. The molecule has 27 heavy (non-hydrogen) atoms. The maximum atomic E-state index is 6.11. The molecule has 4 aromatic rings. The number of nitrogens with one attached hydrogen (secondary N) is 1. The lowest BCUT2D eigenvalue weighted by Crippen LogP contribution is -2.13. The van der Waals surface area contributed by atoms with E-state index in [9.17, 15) is 0 Å². The summed E-state index contributed by atoms with van der Waals surface area (Å²) in [5, 5.41) is 4.50. The van der Waals surface area contributed by atoms with Gasteiger partial charge < -0.3 is 11.1 Å². The first-order valence-electron chi connectivity index (χ1n) is 9.04. The molecule has 0 amide bonds. The maximum absolute atomic E-state index is 6.11. The molecule has 0 aliphatic heterocycles. The number of aromatic nitrogens is 3. The van der Waals surface area contributed by atoms with Gasteiger partial charge in [-0.05, 0) is 24.1 Å². The second-order valence-electron chi connectivity index (χ2n) is 6.38. The molecule has 0 spiro atoms. The van der Waals surface area contributed by atoms with Crippen LogP contribution in [-0.4, -0.2) is 15.0 Å². The number of nitrogens with zero attached hydrogens (tertiary/aromatic N) is 3. The van der Waals surface area contributed by atoms with Gasteiger partial charge >= 0.3 is 0 Å². The minimum atomic E-state index is 0.118. The highest BCUT2D eigenvalue weighted by molar-refractivity contribution is 5.93. The van der Waals surface area contributed by atoms with Gasteiger partial charge in [0.05, 0.1) is 23.4 Å². The Labute approximate surface area is 158 Å². The zero-order valence-electron chi connectivity index (χ0n) is 15.1. The van der Waals surface area contributed by atoms with Crippen LogP contribution in [0.15, 0.2) is 73.1 Å². The molecule has 0 aliphatic carbocycles. The molecule has 134 valence electrons. The first-order valence-corrected chi connectivity index (χ1v) is 9.04. The maximum Gasteiger partial charge on any atom is 0.170 e. The number of rotatable bonds is 5. The highest BCUT2D eigenvalue weighted by atomic mass is 15.1. The van der Waals surface area contributed by atoms with Gasteiger partial charge in [0.2, 0.25) is 0 Å². The molecule has 0 saturated carbocycles. The third-order valence-corrected chi connectivity index (χ3v) is 4.64. The monoisotopic (exact) mass is 355 g/mol. The summed E-state index contributed by atoms with van der Waals surface area (Å²) in [7, 11) is 0. The van der Waals surface area contributed by atoms with Crippen LogP contribution in [0.3, 0.4) is 0 Å². The number of anilines is 2. The summed E-state index contributed by atoms with van der Waals surface area (Å²) in [4.78, 5) is 13.6. The number of nitrogen functional groups attached to an aromatic ring is 1. The fraction of sp³-hybridized carbons (Fsp3) is 0.136. The third-order valence-electron chi connectivity index (χ3n) is 4.64. The van der Waals surface area contributed by atoms with E-state index in [1.165, 1.54) is 5.56 Å². The topological polar surface area (TPSA) is 76.7 Å². The van der Waals surface area contributed by atoms with Gasteiger partial charge in [0.15, 0.2) is 11.6 Å². The molecule has 5 nitrogen and oxygen atoms in total. The number of fused-ring (bicyclic) bond motifs is 1. The summed E-state index contributed by atoms with van der Waals surface area (Å²) in [6.07, 6.45) is 4.42. The van der Waals surface area contributed by atoms with Gasteiger partial charge in [-0.1, -0.05) is 55.5 Å². The summed E-state index contributed by atoms with van der Waals surface area (Å²) in [5.41, 5.74) is 10.00. The van der Waals surface area contributed by atoms with Crippen molar-refractivity contribution >= 4 is 22.5 Å². The summed E-state index contributed by atoms with van der Waals surface area (Å²) >= 11 is 0.